The number of nitrogens with one attached hydrogen (secondary N) is 2. The summed E-state index contributed by atoms with van der Waals surface area (Å²) in [4.78, 5) is 18.9. The Morgan fingerprint density at radius 1 is 1.24 bits per heavy atom. The Balaban J connectivity index is 1.26. The molecule has 7 nitrogen and oxygen atoms in total. The monoisotopic (exact) mass is 502 g/mol. The molecule has 0 saturated carbocycles. The van der Waals surface area contributed by atoms with Crippen LogP contribution in [0.3, 0.4) is 0 Å². The number of anilines is 1. The minimum atomic E-state index is -0.629. The number of aromatic nitrogens is 1. The van der Waals surface area contributed by atoms with Gasteiger partial charge in [0.2, 0.25) is 5.91 Å². The van der Waals surface area contributed by atoms with E-state index in [4.69, 9.17) is 27.9 Å². The number of carbonyl (C=O) groups excluding carboxylic acids is 1. The van der Waals surface area contributed by atoms with Crippen LogP contribution in [0.2, 0.25) is 10.0 Å². The second-order valence-corrected chi connectivity index (χ2v) is 9.19. The lowest BCUT2D eigenvalue weighted by atomic mass is 10.0. The second-order valence-electron chi connectivity index (χ2n) is 8.40. The van der Waals surface area contributed by atoms with Crippen LogP contribution >= 0.6 is 23.2 Å². The zero-order valence-corrected chi connectivity index (χ0v) is 20.4. The van der Waals surface area contributed by atoms with E-state index in [1.807, 2.05) is 24.3 Å². The molecule has 1 aliphatic rings. The van der Waals surface area contributed by atoms with Gasteiger partial charge in [0.05, 0.1) is 41.0 Å². The van der Waals surface area contributed by atoms with Crippen molar-refractivity contribution >= 4 is 45.7 Å². The molecule has 3 aromatic rings. The number of carbonyl (C=O) groups is 1. The number of aliphatic hydroxyl groups excluding tert-OH is 1. The molecule has 2 heterocycles. The van der Waals surface area contributed by atoms with Gasteiger partial charge in [0.25, 0.3) is 0 Å². The number of ether oxygens (including phenoxy) is 1. The molecule has 0 unspecified atom stereocenters. The van der Waals surface area contributed by atoms with Crippen molar-refractivity contribution in [2.75, 3.05) is 38.6 Å². The van der Waals surface area contributed by atoms with Crippen molar-refractivity contribution in [2.24, 2.45) is 0 Å². The molecule has 1 fully saturated rings. The van der Waals surface area contributed by atoms with Gasteiger partial charge in [-0.1, -0.05) is 29.3 Å². The van der Waals surface area contributed by atoms with Crippen LogP contribution in [0.15, 0.2) is 48.7 Å². The smallest absolute Gasteiger partial charge is 0.238 e. The fourth-order valence-electron chi connectivity index (χ4n) is 4.26. The van der Waals surface area contributed by atoms with Gasteiger partial charge in [0.1, 0.15) is 5.75 Å². The van der Waals surface area contributed by atoms with Crippen LogP contribution in [-0.2, 0) is 4.79 Å². The molecule has 1 aliphatic heterocycles. The number of fused-ring (bicyclic) bond motifs is 1. The molecular formula is C25H28Cl2N4O3. The lowest BCUT2D eigenvalue weighted by Crippen LogP contribution is -2.45. The number of benzene rings is 2. The fraction of sp³-hybridized carbons (Fsp3) is 0.360. The second kappa shape index (κ2) is 11.3. The van der Waals surface area contributed by atoms with Gasteiger partial charge in [0.15, 0.2) is 0 Å². The molecule has 180 valence electrons. The van der Waals surface area contributed by atoms with Crippen LogP contribution in [0, 0.1) is 0 Å². The maximum absolute atomic E-state index is 12.3. The van der Waals surface area contributed by atoms with E-state index < -0.39 is 6.10 Å². The largest absolute Gasteiger partial charge is 0.497 e. The quantitative estimate of drug-likeness (QED) is 0.426. The van der Waals surface area contributed by atoms with Crippen LogP contribution in [0.1, 0.15) is 24.5 Å². The molecule has 2 aromatic carbocycles. The van der Waals surface area contributed by atoms with Crippen molar-refractivity contribution in [3.05, 3.63) is 64.3 Å². The zero-order valence-electron chi connectivity index (χ0n) is 18.9. The number of hydrogen-bond acceptors (Lipinski definition) is 6. The normalized spacial score (nSPS) is 15.9. The van der Waals surface area contributed by atoms with E-state index in [9.17, 15) is 9.90 Å². The van der Waals surface area contributed by atoms with Crippen molar-refractivity contribution in [3.63, 3.8) is 0 Å². The van der Waals surface area contributed by atoms with Gasteiger partial charge in [-0.25, -0.2) is 0 Å². The summed E-state index contributed by atoms with van der Waals surface area (Å²) >= 11 is 12.1. The third-order valence-electron chi connectivity index (χ3n) is 6.14. The van der Waals surface area contributed by atoms with E-state index in [0.717, 1.165) is 48.1 Å². The van der Waals surface area contributed by atoms with E-state index in [0.29, 0.717) is 22.3 Å². The number of likely N-dealkylation sites (tertiary alicyclic amines) is 1. The maximum Gasteiger partial charge on any atom is 0.238 e. The van der Waals surface area contributed by atoms with E-state index in [2.05, 4.69) is 20.5 Å². The molecule has 9 heteroatoms. The Labute approximate surface area is 209 Å². The minimum Gasteiger partial charge on any atom is -0.497 e. The molecule has 1 saturated heterocycles. The summed E-state index contributed by atoms with van der Waals surface area (Å²) in [6.45, 7) is 2.41. The highest BCUT2D eigenvalue weighted by atomic mass is 35.5. The predicted molar refractivity (Wildman–Crippen MR) is 136 cm³/mol. The summed E-state index contributed by atoms with van der Waals surface area (Å²) in [5.74, 6) is 0.574. The summed E-state index contributed by atoms with van der Waals surface area (Å²) in [7, 11) is 1.63. The number of piperidine rings is 1. The van der Waals surface area contributed by atoms with Gasteiger partial charge in [-0.15, -0.1) is 0 Å². The molecule has 0 bridgehead atoms. The summed E-state index contributed by atoms with van der Waals surface area (Å²) in [5, 5.41) is 18.7. The van der Waals surface area contributed by atoms with Crippen molar-refractivity contribution in [1.29, 1.82) is 0 Å². The summed E-state index contributed by atoms with van der Waals surface area (Å²) in [5.41, 5.74) is 2.18. The lowest BCUT2D eigenvalue weighted by molar-refractivity contribution is -0.115. The van der Waals surface area contributed by atoms with E-state index >= 15 is 0 Å². The molecule has 1 atom stereocenters. The van der Waals surface area contributed by atoms with Crippen LogP contribution in [0.25, 0.3) is 10.9 Å². The van der Waals surface area contributed by atoms with Gasteiger partial charge in [-0.3, -0.25) is 9.78 Å². The molecule has 0 spiro atoms. The Morgan fingerprint density at radius 2 is 2.03 bits per heavy atom. The van der Waals surface area contributed by atoms with Crippen LogP contribution in [0.5, 0.6) is 5.75 Å². The van der Waals surface area contributed by atoms with Gasteiger partial charge < -0.3 is 25.4 Å². The number of rotatable bonds is 8. The number of hydrogen-bond donors (Lipinski definition) is 3. The van der Waals surface area contributed by atoms with Gasteiger partial charge in [-0.05, 0) is 67.9 Å². The molecule has 4 rings (SSSR count). The van der Waals surface area contributed by atoms with Crippen molar-refractivity contribution < 1.29 is 14.6 Å². The summed E-state index contributed by atoms with van der Waals surface area (Å²) in [6.07, 6.45) is 2.88. The summed E-state index contributed by atoms with van der Waals surface area (Å²) in [6, 6.07) is 12.9. The molecule has 1 amide bonds. The first-order valence-corrected chi connectivity index (χ1v) is 12.0. The number of amides is 1. The predicted octanol–water partition coefficient (Wildman–Crippen LogP) is 4.28. The molecule has 3 N–H and O–H groups in total. The topological polar surface area (TPSA) is 86.7 Å². The fourth-order valence-corrected chi connectivity index (χ4v) is 4.61. The Morgan fingerprint density at radius 3 is 2.79 bits per heavy atom. The third kappa shape index (κ3) is 5.98. The first kappa shape index (κ1) is 24.7. The maximum atomic E-state index is 12.3. The van der Waals surface area contributed by atoms with Gasteiger partial charge in [-0.2, -0.15) is 0 Å². The molecule has 0 aliphatic carbocycles. The van der Waals surface area contributed by atoms with Gasteiger partial charge >= 0.3 is 0 Å². The first-order valence-electron chi connectivity index (χ1n) is 11.2. The van der Waals surface area contributed by atoms with Gasteiger partial charge in [0, 0.05) is 24.2 Å². The minimum absolute atomic E-state index is 0.165. The molecular weight excluding hydrogens is 475 g/mol. The number of aliphatic hydroxyl groups is 1. The van der Waals surface area contributed by atoms with E-state index in [-0.39, 0.29) is 18.5 Å². The number of pyridine rings is 1. The van der Waals surface area contributed by atoms with Crippen molar-refractivity contribution in [1.82, 2.24) is 15.2 Å². The van der Waals surface area contributed by atoms with E-state index in [1.54, 1.807) is 31.5 Å². The first-order chi connectivity index (χ1) is 16.4. The lowest BCUT2D eigenvalue weighted by Gasteiger charge is -2.33. The highest BCUT2D eigenvalue weighted by Gasteiger charge is 2.23. The Bertz CT molecular complexity index is 1150. The van der Waals surface area contributed by atoms with E-state index in [1.165, 1.54) is 0 Å². The number of methoxy groups -OCH3 is 1. The van der Waals surface area contributed by atoms with Crippen LogP contribution in [-0.4, -0.2) is 60.2 Å². The Kier molecular flexibility index (Phi) is 8.24. The highest BCUT2D eigenvalue weighted by Crippen LogP contribution is 2.30. The SMILES string of the molecule is COc1ccc2nccc([C@@H](O)CN3CCC(NCC(=O)Nc4cccc(Cl)c4Cl)CC3)c2c1. The average molecular weight is 503 g/mol. The molecule has 1 aromatic heterocycles. The van der Waals surface area contributed by atoms with Crippen LogP contribution in [0.4, 0.5) is 5.69 Å². The molecule has 34 heavy (non-hydrogen) atoms. The van der Waals surface area contributed by atoms with Crippen molar-refractivity contribution in [3.8, 4) is 5.75 Å². The highest BCUT2D eigenvalue weighted by molar-refractivity contribution is 6.44. The third-order valence-corrected chi connectivity index (χ3v) is 6.96. The summed E-state index contributed by atoms with van der Waals surface area (Å²) < 4.78 is 5.34. The zero-order chi connectivity index (χ0) is 24.1. The Hall–Kier alpha value is -2.42. The number of halogens is 2. The molecule has 0 radical (unpaired) electrons. The van der Waals surface area contributed by atoms with Crippen LogP contribution < -0.4 is 15.4 Å². The number of β-amino-alcohol motifs (C(OH)–C–C–N with tert-alkyl or cyclic N) is 1. The average Bonchev–Trinajstić information content (AvgIpc) is 2.85. The standard InChI is InChI=1S/C25H28Cl2N4O3/c1-34-17-5-6-21-19(13-17)18(7-10-28-21)23(32)15-31-11-8-16(9-12-31)29-14-24(33)30-22-4-2-3-20(26)25(22)27/h2-7,10,13,16,23,29,32H,8-9,11-12,14-15H2,1H3,(H,30,33)/t23-/m0/s1. The number of nitrogens with zero attached hydrogens (tertiary/aromatic N) is 2. The van der Waals surface area contributed by atoms with Crippen molar-refractivity contribution in [2.45, 2.75) is 25.0 Å².